The maximum absolute atomic E-state index is 6.53. The summed E-state index contributed by atoms with van der Waals surface area (Å²) in [7, 11) is 1.78. The SMILES string of the molecule is CN=C(NCCOCc1ccccc1)NCC1(c2ccccc2Cl)CCOCC1. The normalized spacial score (nSPS) is 16.4. The van der Waals surface area contributed by atoms with Crippen LogP contribution >= 0.6 is 11.6 Å². The van der Waals surface area contributed by atoms with Crippen molar-refractivity contribution < 1.29 is 9.47 Å². The van der Waals surface area contributed by atoms with E-state index in [1.807, 2.05) is 30.3 Å². The summed E-state index contributed by atoms with van der Waals surface area (Å²) >= 11 is 6.53. The summed E-state index contributed by atoms with van der Waals surface area (Å²) in [6, 6.07) is 18.3. The molecule has 0 aromatic heterocycles. The minimum Gasteiger partial charge on any atom is -0.381 e. The Morgan fingerprint density at radius 1 is 1.07 bits per heavy atom. The Balaban J connectivity index is 1.49. The molecule has 3 rings (SSSR count). The van der Waals surface area contributed by atoms with Gasteiger partial charge in [-0.15, -0.1) is 0 Å². The maximum Gasteiger partial charge on any atom is 0.191 e. The van der Waals surface area contributed by atoms with Crippen molar-refractivity contribution in [3.8, 4) is 0 Å². The second-order valence-corrected chi connectivity index (χ2v) is 7.67. The minimum atomic E-state index is -0.0575. The van der Waals surface area contributed by atoms with Crippen molar-refractivity contribution in [2.45, 2.75) is 24.9 Å². The molecule has 2 N–H and O–H groups in total. The lowest BCUT2D eigenvalue weighted by Crippen LogP contribution is -2.48. The van der Waals surface area contributed by atoms with Crippen LogP contribution in [0.4, 0.5) is 0 Å². The van der Waals surface area contributed by atoms with Crippen LogP contribution in [0, 0.1) is 0 Å². The molecule has 0 unspecified atom stereocenters. The fourth-order valence-corrected chi connectivity index (χ4v) is 4.01. The van der Waals surface area contributed by atoms with Gasteiger partial charge in [-0.25, -0.2) is 0 Å². The predicted molar refractivity (Wildman–Crippen MR) is 119 cm³/mol. The molecule has 0 amide bonds. The highest BCUT2D eigenvalue weighted by Crippen LogP contribution is 2.38. The van der Waals surface area contributed by atoms with Crippen LogP contribution in [0.15, 0.2) is 59.6 Å². The van der Waals surface area contributed by atoms with Crippen molar-refractivity contribution in [3.63, 3.8) is 0 Å². The van der Waals surface area contributed by atoms with E-state index in [4.69, 9.17) is 21.1 Å². The number of hydrogen-bond acceptors (Lipinski definition) is 3. The number of halogens is 1. The molecule has 0 radical (unpaired) electrons. The Kier molecular flexibility index (Phi) is 8.35. The third-order valence-corrected chi connectivity index (χ3v) is 5.69. The second-order valence-electron chi connectivity index (χ2n) is 7.26. The first-order valence-corrected chi connectivity index (χ1v) is 10.5. The van der Waals surface area contributed by atoms with Crippen molar-refractivity contribution in [2.75, 3.05) is 40.0 Å². The molecule has 5 nitrogen and oxygen atoms in total. The summed E-state index contributed by atoms with van der Waals surface area (Å²) in [6.45, 7) is 4.15. The van der Waals surface area contributed by atoms with E-state index in [9.17, 15) is 0 Å². The maximum atomic E-state index is 6.53. The fourth-order valence-electron chi connectivity index (χ4n) is 3.67. The van der Waals surface area contributed by atoms with E-state index in [-0.39, 0.29) is 5.41 Å². The Bertz CT molecular complexity index is 777. The zero-order valence-electron chi connectivity index (χ0n) is 17.0. The highest BCUT2D eigenvalue weighted by atomic mass is 35.5. The monoisotopic (exact) mass is 415 g/mol. The highest BCUT2D eigenvalue weighted by Gasteiger charge is 2.36. The van der Waals surface area contributed by atoms with Crippen LogP contribution in [0.3, 0.4) is 0 Å². The topological polar surface area (TPSA) is 54.9 Å². The van der Waals surface area contributed by atoms with E-state index in [0.29, 0.717) is 19.8 Å². The molecule has 1 aliphatic rings. The molecule has 1 fully saturated rings. The first-order chi connectivity index (χ1) is 14.2. The van der Waals surface area contributed by atoms with E-state index >= 15 is 0 Å². The van der Waals surface area contributed by atoms with Gasteiger partial charge in [-0.05, 0) is 30.0 Å². The van der Waals surface area contributed by atoms with Gasteiger partial charge in [0, 0.05) is 43.8 Å². The molecule has 2 aromatic carbocycles. The molecule has 1 aliphatic heterocycles. The largest absolute Gasteiger partial charge is 0.381 e. The van der Waals surface area contributed by atoms with E-state index < -0.39 is 0 Å². The number of nitrogens with one attached hydrogen (secondary N) is 2. The van der Waals surface area contributed by atoms with E-state index in [1.165, 1.54) is 11.1 Å². The summed E-state index contributed by atoms with van der Waals surface area (Å²) in [5.41, 5.74) is 2.30. The average Bonchev–Trinajstić information content (AvgIpc) is 2.77. The van der Waals surface area contributed by atoms with Crippen LogP contribution in [0.1, 0.15) is 24.0 Å². The number of rotatable bonds is 8. The summed E-state index contributed by atoms with van der Waals surface area (Å²) in [5, 5.41) is 7.63. The van der Waals surface area contributed by atoms with Crippen molar-refractivity contribution in [1.82, 2.24) is 10.6 Å². The van der Waals surface area contributed by atoms with Crippen molar-refractivity contribution in [1.29, 1.82) is 0 Å². The molecule has 29 heavy (non-hydrogen) atoms. The van der Waals surface area contributed by atoms with Crippen LogP contribution in [-0.4, -0.2) is 45.9 Å². The quantitative estimate of drug-likeness (QED) is 0.391. The van der Waals surface area contributed by atoms with Crippen LogP contribution in [0.25, 0.3) is 0 Å². The van der Waals surface area contributed by atoms with E-state index in [2.05, 4.69) is 39.9 Å². The van der Waals surface area contributed by atoms with Gasteiger partial charge in [0.15, 0.2) is 5.96 Å². The zero-order chi connectivity index (χ0) is 20.4. The minimum absolute atomic E-state index is 0.0575. The first-order valence-electron chi connectivity index (χ1n) is 10.1. The van der Waals surface area contributed by atoms with Gasteiger partial charge in [0.25, 0.3) is 0 Å². The Hall–Kier alpha value is -2.08. The van der Waals surface area contributed by atoms with E-state index in [1.54, 1.807) is 7.05 Å². The number of benzene rings is 2. The Morgan fingerprint density at radius 2 is 1.79 bits per heavy atom. The molecule has 0 aliphatic carbocycles. The smallest absolute Gasteiger partial charge is 0.191 e. The van der Waals surface area contributed by atoms with Crippen molar-refractivity contribution in [2.24, 2.45) is 4.99 Å². The number of hydrogen-bond donors (Lipinski definition) is 2. The fraction of sp³-hybridized carbons (Fsp3) is 0.435. The van der Waals surface area contributed by atoms with Gasteiger partial charge < -0.3 is 20.1 Å². The average molecular weight is 416 g/mol. The van der Waals surface area contributed by atoms with Gasteiger partial charge in [0.05, 0.1) is 13.2 Å². The van der Waals surface area contributed by atoms with Crippen LogP contribution < -0.4 is 10.6 Å². The molecule has 0 bridgehead atoms. The summed E-state index contributed by atoms with van der Waals surface area (Å²) < 4.78 is 11.3. The Labute approximate surface area is 178 Å². The molecule has 6 heteroatoms. The standard InChI is InChI=1S/C23H30ClN3O2/c1-25-22(26-13-16-29-17-19-7-3-2-4-8-19)27-18-23(11-14-28-15-12-23)20-9-5-6-10-21(20)24/h2-10H,11-18H2,1H3,(H2,25,26,27). The lowest BCUT2D eigenvalue weighted by Gasteiger charge is -2.38. The van der Waals surface area contributed by atoms with Gasteiger partial charge in [-0.3, -0.25) is 4.99 Å². The van der Waals surface area contributed by atoms with Crippen molar-refractivity contribution >= 4 is 17.6 Å². The second kappa shape index (κ2) is 11.2. The molecule has 0 atom stereocenters. The molecule has 156 valence electrons. The lowest BCUT2D eigenvalue weighted by molar-refractivity contribution is 0.0514. The van der Waals surface area contributed by atoms with Crippen LogP contribution in [0.2, 0.25) is 5.02 Å². The number of guanidine groups is 1. The first kappa shape index (κ1) is 21.6. The molecule has 0 saturated carbocycles. The number of ether oxygens (including phenoxy) is 2. The van der Waals surface area contributed by atoms with Gasteiger partial charge in [0.2, 0.25) is 0 Å². The molecule has 1 heterocycles. The zero-order valence-corrected chi connectivity index (χ0v) is 17.8. The van der Waals surface area contributed by atoms with Gasteiger partial charge in [-0.2, -0.15) is 0 Å². The molecular formula is C23H30ClN3O2. The molecule has 1 saturated heterocycles. The predicted octanol–water partition coefficient (Wildman–Crippen LogP) is 3.77. The molecule has 0 spiro atoms. The van der Waals surface area contributed by atoms with Gasteiger partial charge in [-0.1, -0.05) is 60.1 Å². The molecule has 2 aromatic rings. The Morgan fingerprint density at radius 3 is 2.52 bits per heavy atom. The lowest BCUT2D eigenvalue weighted by atomic mass is 9.74. The summed E-state index contributed by atoms with van der Waals surface area (Å²) in [5.74, 6) is 0.770. The van der Waals surface area contributed by atoms with Gasteiger partial charge in [0.1, 0.15) is 0 Å². The highest BCUT2D eigenvalue weighted by molar-refractivity contribution is 6.31. The third kappa shape index (κ3) is 6.20. The number of aliphatic imine (C=N–C) groups is 1. The van der Waals surface area contributed by atoms with E-state index in [0.717, 1.165) is 43.6 Å². The van der Waals surface area contributed by atoms with Crippen LogP contribution in [0.5, 0.6) is 0 Å². The van der Waals surface area contributed by atoms with Crippen molar-refractivity contribution in [3.05, 3.63) is 70.7 Å². The summed E-state index contributed by atoms with van der Waals surface area (Å²) in [4.78, 5) is 4.35. The summed E-state index contributed by atoms with van der Waals surface area (Å²) in [6.07, 6.45) is 1.86. The third-order valence-electron chi connectivity index (χ3n) is 5.36. The molecular weight excluding hydrogens is 386 g/mol. The van der Waals surface area contributed by atoms with Gasteiger partial charge >= 0.3 is 0 Å². The number of nitrogens with zero attached hydrogens (tertiary/aromatic N) is 1. The van der Waals surface area contributed by atoms with Crippen LogP contribution in [-0.2, 0) is 21.5 Å².